The third-order valence-corrected chi connectivity index (χ3v) is 2.65. The molecule has 0 spiro atoms. The van der Waals surface area contributed by atoms with E-state index in [1.54, 1.807) is 17.1 Å². The van der Waals surface area contributed by atoms with Gasteiger partial charge in [0.25, 0.3) is 0 Å². The summed E-state index contributed by atoms with van der Waals surface area (Å²) in [7, 11) is 0. The van der Waals surface area contributed by atoms with Gasteiger partial charge in [0.15, 0.2) is 5.82 Å². The summed E-state index contributed by atoms with van der Waals surface area (Å²) in [6, 6.07) is 0. The Morgan fingerprint density at radius 2 is 2.31 bits per heavy atom. The number of hydrogen-bond donors (Lipinski definition) is 1. The molecule has 84 valence electrons. The molecule has 0 bridgehead atoms. The van der Waals surface area contributed by atoms with Gasteiger partial charge in [0.2, 0.25) is 5.95 Å². The van der Waals surface area contributed by atoms with Crippen molar-refractivity contribution in [2.75, 3.05) is 11.9 Å². The molecule has 7 heteroatoms. The highest BCUT2D eigenvalue weighted by Crippen LogP contribution is 2.18. The lowest BCUT2D eigenvalue weighted by molar-refractivity contribution is 0.839. The maximum Gasteiger partial charge on any atom is 0.224 e. The first-order valence-electron chi connectivity index (χ1n) is 4.67. The second-order valence-electron chi connectivity index (χ2n) is 3.00. The minimum atomic E-state index is 0.473. The van der Waals surface area contributed by atoms with Crippen molar-refractivity contribution in [2.45, 2.75) is 6.92 Å². The number of halogens is 2. The Kier molecular flexibility index (Phi) is 3.59. The fraction of sp³-hybridized carbons (Fsp3) is 0.222. The van der Waals surface area contributed by atoms with Gasteiger partial charge in [0.05, 0.1) is 16.0 Å². The molecule has 0 saturated carbocycles. The molecule has 0 unspecified atom stereocenters. The number of anilines is 1. The summed E-state index contributed by atoms with van der Waals surface area (Å²) in [6.07, 6.45) is 5.16. The summed E-state index contributed by atoms with van der Waals surface area (Å²) in [4.78, 5) is 8.35. The van der Waals surface area contributed by atoms with Gasteiger partial charge in [0.1, 0.15) is 5.02 Å². The van der Waals surface area contributed by atoms with Crippen molar-refractivity contribution in [2.24, 2.45) is 0 Å². The summed E-state index contributed by atoms with van der Waals surface area (Å²) in [6.45, 7) is 2.74. The van der Waals surface area contributed by atoms with Gasteiger partial charge in [-0.3, -0.25) is 0 Å². The zero-order valence-electron chi connectivity index (χ0n) is 8.48. The Morgan fingerprint density at radius 3 is 2.94 bits per heavy atom. The van der Waals surface area contributed by atoms with Crippen LogP contribution < -0.4 is 5.32 Å². The van der Waals surface area contributed by atoms with E-state index in [0.29, 0.717) is 16.8 Å². The van der Waals surface area contributed by atoms with Crippen LogP contribution in [0.3, 0.4) is 0 Å². The third-order valence-electron chi connectivity index (χ3n) is 1.83. The number of rotatable bonds is 3. The van der Waals surface area contributed by atoms with E-state index in [0.717, 1.165) is 10.1 Å². The van der Waals surface area contributed by atoms with Gasteiger partial charge in [0, 0.05) is 12.7 Å². The molecule has 0 aromatic carbocycles. The second kappa shape index (κ2) is 4.96. The molecule has 0 radical (unpaired) electrons. The zero-order chi connectivity index (χ0) is 11.5. The first kappa shape index (κ1) is 11.6. The van der Waals surface area contributed by atoms with E-state index in [4.69, 9.17) is 11.6 Å². The highest BCUT2D eigenvalue weighted by Gasteiger charge is 2.08. The molecule has 2 aromatic heterocycles. The lowest BCUT2D eigenvalue weighted by Crippen LogP contribution is -2.06. The van der Waals surface area contributed by atoms with E-state index < -0.39 is 0 Å². The van der Waals surface area contributed by atoms with Gasteiger partial charge in [-0.2, -0.15) is 10.1 Å². The van der Waals surface area contributed by atoms with Crippen LogP contribution in [0.4, 0.5) is 5.95 Å². The molecule has 2 rings (SSSR count). The number of nitrogens with zero attached hydrogens (tertiary/aromatic N) is 4. The van der Waals surface area contributed by atoms with Gasteiger partial charge in [-0.15, -0.1) is 0 Å². The van der Waals surface area contributed by atoms with Gasteiger partial charge in [-0.25, -0.2) is 9.67 Å². The normalized spacial score (nSPS) is 10.4. The van der Waals surface area contributed by atoms with Crippen LogP contribution in [0.1, 0.15) is 6.92 Å². The van der Waals surface area contributed by atoms with Crippen molar-refractivity contribution in [1.82, 2.24) is 19.7 Å². The van der Waals surface area contributed by atoms with Crippen molar-refractivity contribution in [3.05, 3.63) is 27.2 Å². The standard InChI is InChI=1S/C9H9ClIN5/c1-2-12-9-13-4-7(10)8(15-9)16-5-6(11)3-14-16/h3-5H,2H2,1H3,(H,12,13,15). The Bertz CT molecular complexity index is 498. The molecule has 1 N–H and O–H groups in total. The van der Waals surface area contributed by atoms with Crippen LogP contribution >= 0.6 is 34.2 Å². The predicted molar refractivity (Wildman–Crippen MR) is 71.0 cm³/mol. The van der Waals surface area contributed by atoms with Crippen LogP contribution in [0.15, 0.2) is 18.6 Å². The molecule has 0 aliphatic heterocycles. The maximum absolute atomic E-state index is 6.02. The maximum atomic E-state index is 6.02. The SMILES string of the molecule is CCNc1ncc(Cl)c(-n2cc(I)cn2)n1. The first-order chi connectivity index (χ1) is 7.70. The average molecular weight is 350 g/mol. The summed E-state index contributed by atoms with van der Waals surface area (Å²) in [5, 5.41) is 7.66. The summed E-state index contributed by atoms with van der Waals surface area (Å²) < 4.78 is 2.66. The van der Waals surface area contributed by atoms with E-state index in [-0.39, 0.29) is 0 Å². The Labute approximate surface area is 111 Å². The van der Waals surface area contributed by atoms with Crippen LogP contribution in [-0.2, 0) is 0 Å². The van der Waals surface area contributed by atoms with Gasteiger partial charge >= 0.3 is 0 Å². The molecule has 0 atom stereocenters. The van der Waals surface area contributed by atoms with Crippen molar-refractivity contribution in [3.63, 3.8) is 0 Å². The van der Waals surface area contributed by atoms with Gasteiger partial charge < -0.3 is 5.32 Å². The van der Waals surface area contributed by atoms with Crippen molar-refractivity contribution < 1.29 is 0 Å². The summed E-state index contributed by atoms with van der Waals surface area (Å²) >= 11 is 8.20. The van der Waals surface area contributed by atoms with E-state index in [1.807, 2.05) is 13.1 Å². The van der Waals surface area contributed by atoms with Gasteiger partial charge in [-0.05, 0) is 29.5 Å². The minimum Gasteiger partial charge on any atom is -0.354 e. The number of hydrogen-bond acceptors (Lipinski definition) is 4. The lowest BCUT2D eigenvalue weighted by atomic mass is 10.5. The number of aromatic nitrogens is 4. The molecule has 0 amide bonds. The van der Waals surface area contributed by atoms with Crippen LogP contribution in [0.25, 0.3) is 5.82 Å². The fourth-order valence-electron chi connectivity index (χ4n) is 1.18. The van der Waals surface area contributed by atoms with Crippen LogP contribution in [-0.4, -0.2) is 26.3 Å². The summed E-state index contributed by atoms with van der Waals surface area (Å²) in [5.41, 5.74) is 0. The largest absolute Gasteiger partial charge is 0.354 e. The Morgan fingerprint density at radius 1 is 1.50 bits per heavy atom. The van der Waals surface area contributed by atoms with Crippen molar-refractivity contribution >= 4 is 40.1 Å². The molecule has 16 heavy (non-hydrogen) atoms. The Hall–Kier alpha value is -0.890. The predicted octanol–water partition coefficient (Wildman–Crippen LogP) is 2.35. The average Bonchev–Trinajstić information content (AvgIpc) is 2.68. The third kappa shape index (κ3) is 2.43. The molecular weight excluding hydrogens is 340 g/mol. The number of nitrogens with one attached hydrogen (secondary N) is 1. The van der Waals surface area contributed by atoms with E-state index >= 15 is 0 Å². The van der Waals surface area contributed by atoms with E-state index in [9.17, 15) is 0 Å². The van der Waals surface area contributed by atoms with Gasteiger partial charge in [-0.1, -0.05) is 11.6 Å². The molecule has 0 saturated heterocycles. The van der Waals surface area contributed by atoms with Crippen LogP contribution in [0.2, 0.25) is 5.02 Å². The highest BCUT2D eigenvalue weighted by molar-refractivity contribution is 14.1. The minimum absolute atomic E-state index is 0.473. The molecule has 0 fully saturated rings. The first-order valence-corrected chi connectivity index (χ1v) is 6.13. The van der Waals surface area contributed by atoms with E-state index in [1.165, 1.54) is 0 Å². The summed E-state index contributed by atoms with van der Waals surface area (Å²) in [5.74, 6) is 1.13. The van der Waals surface area contributed by atoms with Crippen molar-refractivity contribution in [1.29, 1.82) is 0 Å². The monoisotopic (exact) mass is 349 g/mol. The molecule has 0 aliphatic carbocycles. The smallest absolute Gasteiger partial charge is 0.224 e. The van der Waals surface area contributed by atoms with Crippen LogP contribution in [0, 0.1) is 3.57 Å². The molecule has 5 nitrogen and oxygen atoms in total. The zero-order valence-corrected chi connectivity index (χ0v) is 11.4. The highest BCUT2D eigenvalue weighted by atomic mass is 127. The molecule has 0 aliphatic rings. The van der Waals surface area contributed by atoms with Crippen LogP contribution in [0.5, 0.6) is 0 Å². The molecular formula is C9H9ClIN5. The van der Waals surface area contributed by atoms with E-state index in [2.05, 4.69) is 43.0 Å². The lowest BCUT2D eigenvalue weighted by Gasteiger charge is -2.05. The topological polar surface area (TPSA) is 55.6 Å². The fourth-order valence-corrected chi connectivity index (χ4v) is 1.74. The van der Waals surface area contributed by atoms with Crippen molar-refractivity contribution in [3.8, 4) is 5.82 Å². The molecule has 2 aromatic rings. The molecule has 2 heterocycles. The second-order valence-corrected chi connectivity index (χ2v) is 4.65. The Balaban J connectivity index is 2.42. The quantitative estimate of drug-likeness (QED) is 0.864.